The summed E-state index contributed by atoms with van der Waals surface area (Å²) >= 11 is 3.39. The van der Waals surface area contributed by atoms with Gasteiger partial charge in [0, 0.05) is 16.1 Å². The van der Waals surface area contributed by atoms with Gasteiger partial charge in [0.05, 0.1) is 5.69 Å². The van der Waals surface area contributed by atoms with Crippen LogP contribution >= 0.6 is 28.3 Å². The van der Waals surface area contributed by atoms with Crippen molar-refractivity contribution in [2.45, 2.75) is 0 Å². The molecule has 2 N–H and O–H groups in total. The molecule has 0 atom stereocenters. The van der Waals surface area contributed by atoms with Crippen LogP contribution in [-0.4, -0.2) is 10.1 Å². The van der Waals surface area contributed by atoms with E-state index in [4.69, 9.17) is 0 Å². The normalized spacial score (nSPS) is 10.1. The molecule has 1 heterocycles. The summed E-state index contributed by atoms with van der Waals surface area (Å²) in [4.78, 5) is 4.34. The maximum atomic E-state index is 9.86. The first-order valence-corrected chi connectivity index (χ1v) is 6.62. The van der Waals surface area contributed by atoms with Crippen molar-refractivity contribution in [3.8, 4) is 5.75 Å². The lowest BCUT2D eigenvalue weighted by Gasteiger charge is -2.10. The Morgan fingerprint density at radius 1 is 1.05 bits per heavy atom. The summed E-state index contributed by atoms with van der Waals surface area (Å²) in [6, 6.07) is 15.2. The third kappa shape index (κ3) is 2.86. The van der Waals surface area contributed by atoms with Crippen LogP contribution < -0.4 is 5.32 Å². The summed E-state index contributed by atoms with van der Waals surface area (Å²) in [7, 11) is 0. The number of pyridine rings is 1. The van der Waals surface area contributed by atoms with Gasteiger partial charge in [-0.05, 0) is 29.7 Å². The second-order valence-corrected chi connectivity index (χ2v) is 5.08. The standard InChI is InChI=1S/C15H11BrN2O.ClH/c16-11-5-6-14(19)13(9-11)18-15-12-4-2-1-3-10(12)7-8-17-15;/h1-9,19H,(H,17,18);1H. The Morgan fingerprint density at radius 3 is 2.70 bits per heavy atom. The number of halogens is 2. The largest absolute Gasteiger partial charge is 0.506 e. The molecule has 0 radical (unpaired) electrons. The number of aromatic hydroxyl groups is 1. The van der Waals surface area contributed by atoms with Crippen LogP contribution in [-0.2, 0) is 0 Å². The van der Waals surface area contributed by atoms with E-state index in [-0.39, 0.29) is 18.2 Å². The van der Waals surface area contributed by atoms with Crippen molar-refractivity contribution >= 4 is 50.6 Å². The number of phenols is 1. The minimum atomic E-state index is 0. The fourth-order valence-corrected chi connectivity index (χ4v) is 2.32. The molecule has 0 amide bonds. The third-order valence-corrected chi connectivity index (χ3v) is 3.38. The molecule has 3 aromatic rings. The fourth-order valence-electron chi connectivity index (χ4n) is 1.96. The number of fused-ring (bicyclic) bond motifs is 1. The SMILES string of the molecule is Cl.Oc1ccc(Br)cc1Nc1nccc2ccccc12. The highest BCUT2D eigenvalue weighted by Crippen LogP contribution is 2.31. The van der Waals surface area contributed by atoms with E-state index in [9.17, 15) is 5.11 Å². The second kappa shape index (κ2) is 6.11. The lowest BCUT2D eigenvalue weighted by atomic mass is 10.1. The molecule has 0 aliphatic rings. The first kappa shape index (κ1) is 14.6. The monoisotopic (exact) mass is 350 g/mol. The van der Waals surface area contributed by atoms with Crippen molar-refractivity contribution in [1.82, 2.24) is 4.98 Å². The zero-order valence-electron chi connectivity index (χ0n) is 10.4. The Balaban J connectivity index is 0.00000147. The summed E-state index contributed by atoms with van der Waals surface area (Å²) in [6.45, 7) is 0. The molecule has 0 saturated heterocycles. The van der Waals surface area contributed by atoms with Crippen molar-refractivity contribution in [2.75, 3.05) is 5.32 Å². The molecule has 3 nitrogen and oxygen atoms in total. The molecular weight excluding hydrogens is 340 g/mol. The molecule has 20 heavy (non-hydrogen) atoms. The molecule has 2 aromatic carbocycles. The molecule has 0 saturated carbocycles. The molecule has 0 bridgehead atoms. The number of phenolic OH excluding ortho intramolecular Hbond substituents is 1. The minimum Gasteiger partial charge on any atom is -0.506 e. The van der Waals surface area contributed by atoms with E-state index in [1.807, 2.05) is 36.4 Å². The van der Waals surface area contributed by atoms with Crippen LogP contribution in [0.4, 0.5) is 11.5 Å². The summed E-state index contributed by atoms with van der Waals surface area (Å²) in [5.41, 5.74) is 0.623. The molecule has 0 spiro atoms. The van der Waals surface area contributed by atoms with Crippen molar-refractivity contribution in [1.29, 1.82) is 0 Å². The van der Waals surface area contributed by atoms with Crippen LogP contribution in [0.2, 0.25) is 0 Å². The van der Waals surface area contributed by atoms with Gasteiger partial charge in [-0.15, -0.1) is 12.4 Å². The lowest BCUT2D eigenvalue weighted by molar-refractivity contribution is 0.477. The summed E-state index contributed by atoms with van der Waals surface area (Å²) in [6.07, 6.45) is 1.75. The van der Waals surface area contributed by atoms with Crippen LogP contribution in [0.5, 0.6) is 5.75 Å². The smallest absolute Gasteiger partial charge is 0.139 e. The molecule has 0 aliphatic heterocycles. The van der Waals surface area contributed by atoms with Crippen LogP contribution in [0, 0.1) is 0 Å². The molecule has 0 aliphatic carbocycles. The first-order valence-electron chi connectivity index (χ1n) is 5.83. The number of rotatable bonds is 2. The van der Waals surface area contributed by atoms with E-state index >= 15 is 0 Å². The van der Waals surface area contributed by atoms with Crippen LogP contribution in [0.15, 0.2) is 59.2 Å². The molecular formula is C15H12BrClN2O. The van der Waals surface area contributed by atoms with Crippen LogP contribution in [0.25, 0.3) is 10.8 Å². The topological polar surface area (TPSA) is 45.1 Å². The van der Waals surface area contributed by atoms with Gasteiger partial charge in [0.1, 0.15) is 11.6 Å². The number of anilines is 2. The van der Waals surface area contributed by atoms with Gasteiger partial charge in [-0.1, -0.05) is 40.2 Å². The highest BCUT2D eigenvalue weighted by Gasteiger charge is 2.06. The van der Waals surface area contributed by atoms with Gasteiger partial charge in [0.15, 0.2) is 0 Å². The fraction of sp³-hybridized carbons (Fsp3) is 0. The van der Waals surface area contributed by atoms with Gasteiger partial charge in [-0.2, -0.15) is 0 Å². The van der Waals surface area contributed by atoms with Crippen molar-refractivity contribution < 1.29 is 5.11 Å². The zero-order valence-corrected chi connectivity index (χ0v) is 12.8. The number of aromatic nitrogens is 1. The second-order valence-electron chi connectivity index (χ2n) is 4.17. The van der Waals surface area contributed by atoms with Gasteiger partial charge in [-0.25, -0.2) is 4.98 Å². The molecule has 5 heteroatoms. The average molecular weight is 352 g/mol. The van der Waals surface area contributed by atoms with Crippen molar-refractivity contribution in [2.24, 2.45) is 0 Å². The first-order chi connectivity index (χ1) is 9.24. The maximum absolute atomic E-state index is 9.86. The molecule has 1 aromatic heterocycles. The summed E-state index contributed by atoms with van der Waals surface area (Å²) in [5.74, 6) is 0.921. The number of hydrogen-bond donors (Lipinski definition) is 2. The molecule has 3 rings (SSSR count). The van der Waals surface area contributed by atoms with E-state index < -0.39 is 0 Å². The Kier molecular flexibility index (Phi) is 4.47. The van der Waals surface area contributed by atoms with Gasteiger partial charge in [0.25, 0.3) is 0 Å². The van der Waals surface area contributed by atoms with Gasteiger partial charge < -0.3 is 10.4 Å². The van der Waals surface area contributed by atoms with E-state index in [0.29, 0.717) is 5.69 Å². The quantitative estimate of drug-likeness (QED) is 0.648. The van der Waals surface area contributed by atoms with E-state index in [1.54, 1.807) is 18.3 Å². The summed E-state index contributed by atoms with van der Waals surface area (Å²) in [5, 5.41) is 15.1. The molecule has 102 valence electrons. The minimum absolute atomic E-state index is 0. The van der Waals surface area contributed by atoms with Gasteiger partial charge in [0.2, 0.25) is 0 Å². The number of nitrogens with zero attached hydrogens (tertiary/aromatic N) is 1. The van der Waals surface area contributed by atoms with E-state index in [0.717, 1.165) is 21.1 Å². The number of benzene rings is 2. The molecule has 0 fully saturated rings. The van der Waals surface area contributed by atoms with Gasteiger partial charge >= 0.3 is 0 Å². The van der Waals surface area contributed by atoms with Gasteiger partial charge in [-0.3, -0.25) is 0 Å². The Labute approximate surface area is 131 Å². The molecule has 0 unspecified atom stereocenters. The predicted octanol–water partition coefficient (Wildman–Crippen LogP) is 4.87. The lowest BCUT2D eigenvalue weighted by Crippen LogP contribution is -1.94. The van der Waals surface area contributed by atoms with Crippen molar-refractivity contribution in [3.05, 3.63) is 59.2 Å². The van der Waals surface area contributed by atoms with Crippen LogP contribution in [0.3, 0.4) is 0 Å². The average Bonchev–Trinajstić information content (AvgIpc) is 2.43. The third-order valence-electron chi connectivity index (χ3n) is 2.89. The van der Waals surface area contributed by atoms with E-state index in [1.165, 1.54) is 0 Å². The van der Waals surface area contributed by atoms with Crippen LogP contribution in [0.1, 0.15) is 0 Å². The number of hydrogen-bond acceptors (Lipinski definition) is 3. The Bertz CT molecular complexity index is 744. The predicted molar refractivity (Wildman–Crippen MR) is 88.1 cm³/mol. The summed E-state index contributed by atoms with van der Waals surface area (Å²) < 4.78 is 0.896. The van der Waals surface area contributed by atoms with E-state index in [2.05, 4.69) is 26.2 Å². The highest BCUT2D eigenvalue weighted by molar-refractivity contribution is 9.10. The zero-order chi connectivity index (χ0) is 13.2. The highest BCUT2D eigenvalue weighted by atomic mass is 79.9. The van der Waals surface area contributed by atoms with Crippen molar-refractivity contribution in [3.63, 3.8) is 0 Å². The maximum Gasteiger partial charge on any atom is 0.139 e. The number of nitrogens with one attached hydrogen (secondary N) is 1. The Morgan fingerprint density at radius 2 is 1.85 bits per heavy atom. The Hall–Kier alpha value is -1.78.